The van der Waals surface area contributed by atoms with Crippen molar-refractivity contribution in [1.29, 1.82) is 0 Å². The van der Waals surface area contributed by atoms with Gasteiger partial charge in [0.05, 0.1) is 10.4 Å². The van der Waals surface area contributed by atoms with E-state index in [1.54, 1.807) is 31.2 Å². The fraction of sp³-hybridized carbons (Fsp3) is 0.389. The maximum absolute atomic E-state index is 12.8. The van der Waals surface area contributed by atoms with Crippen molar-refractivity contribution in [2.45, 2.75) is 36.9 Å². The molecule has 1 aromatic heterocycles. The molecule has 1 fully saturated rings. The zero-order chi connectivity index (χ0) is 19.8. The summed E-state index contributed by atoms with van der Waals surface area (Å²) in [6.45, 7) is 5.66. The predicted octanol–water partition coefficient (Wildman–Crippen LogP) is 2.93. The number of carboxylic acids is 1. The van der Waals surface area contributed by atoms with Crippen LogP contribution in [0.1, 0.15) is 30.0 Å². The summed E-state index contributed by atoms with van der Waals surface area (Å²) < 4.78 is 4.74. The molecule has 0 aliphatic carbocycles. The topological polar surface area (TPSA) is 104 Å². The number of nitrogens with one attached hydrogen (secondary N) is 2. The molecule has 27 heavy (non-hydrogen) atoms. The molecule has 3 rings (SSSR count). The number of nitrogens with zero attached hydrogens (tertiary/aromatic N) is 1. The minimum atomic E-state index is -0.905. The zero-order valence-corrected chi connectivity index (χ0v) is 16.6. The molecule has 2 unspecified atom stereocenters. The van der Waals surface area contributed by atoms with E-state index < -0.39 is 16.8 Å². The standard InChI is InChI=1S/C18H20ClN3O4S/c1-9-13(14(22-26-9)10-6-4-5-7-11(10)19)16(23)20-8-12-21-15(17(24)25)18(2,3)27-12/h4-7,12,15,21H,8H2,1-3H3,(H,20,23)(H,24,25). The van der Waals surface area contributed by atoms with E-state index >= 15 is 0 Å². The van der Waals surface area contributed by atoms with E-state index in [1.807, 2.05) is 13.8 Å². The summed E-state index contributed by atoms with van der Waals surface area (Å²) in [5, 5.41) is 19.4. The molecule has 2 aromatic rings. The number of aliphatic carboxylic acids is 1. The molecule has 7 nitrogen and oxygen atoms in total. The van der Waals surface area contributed by atoms with Gasteiger partial charge in [0.2, 0.25) is 0 Å². The Morgan fingerprint density at radius 1 is 1.41 bits per heavy atom. The molecule has 0 radical (unpaired) electrons. The number of benzene rings is 1. The first-order valence-corrected chi connectivity index (χ1v) is 9.62. The number of carbonyl (C=O) groups excluding carboxylic acids is 1. The summed E-state index contributed by atoms with van der Waals surface area (Å²) in [6, 6.07) is 6.41. The minimum Gasteiger partial charge on any atom is -0.480 e. The number of amides is 1. The zero-order valence-electron chi connectivity index (χ0n) is 15.1. The quantitative estimate of drug-likeness (QED) is 0.697. The Hall–Kier alpha value is -2.03. The Kier molecular flexibility index (Phi) is 5.50. The van der Waals surface area contributed by atoms with Crippen LogP contribution >= 0.6 is 23.4 Å². The molecule has 3 N–H and O–H groups in total. The Bertz CT molecular complexity index is 883. The van der Waals surface area contributed by atoms with Crippen LogP contribution in [0.15, 0.2) is 28.8 Å². The largest absolute Gasteiger partial charge is 0.480 e. The van der Waals surface area contributed by atoms with Crippen LogP contribution < -0.4 is 10.6 Å². The molecule has 1 aliphatic rings. The van der Waals surface area contributed by atoms with Gasteiger partial charge in [-0.05, 0) is 26.8 Å². The van der Waals surface area contributed by atoms with Crippen LogP contribution in [0.25, 0.3) is 11.3 Å². The lowest BCUT2D eigenvalue weighted by atomic mass is 10.0. The smallest absolute Gasteiger partial charge is 0.322 e. The summed E-state index contributed by atoms with van der Waals surface area (Å²) in [4.78, 5) is 24.1. The van der Waals surface area contributed by atoms with Gasteiger partial charge in [-0.1, -0.05) is 35.0 Å². The number of carbonyl (C=O) groups is 2. The number of carboxylic acid groups (broad SMARTS) is 1. The first-order chi connectivity index (χ1) is 12.7. The second-order valence-electron chi connectivity index (χ2n) is 6.80. The third kappa shape index (κ3) is 3.97. The van der Waals surface area contributed by atoms with Crippen LogP contribution in [-0.2, 0) is 4.79 Å². The number of hydrogen-bond donors (Lipinski definition) is 3. The van der Waals surface area contributed by atoms with Crippen LogP contribution in [0.4, 0.5) is 0 Å². The molecular weight excluding hydrogens is 390 g/mol. The van der Waals surface area contributed by atoms with E-state index in [9.17, 15) is 14.7 Å². The molecule has 0 bridgehead atoms. The van der Waals surface area contributed by atoms with E-state index in [1.165, 1.54) is 11.8 Å². The summed E-state index contributed by atoms with van der Waals surface area (Å²) in [6.07, 6.45) is 0. The van der Waals surface area contributed by atoms with Gasteiger partial charge in [-0.2, -0.15) is 0 Å². The van der Waals surface area contributed by atoms with Gasteiger partial charge < -0.3 is 14.9 Å². The van der Waals surface area contributed by atoms with Crippen LogP contribution in [0.3, 0.4) is 0 Å². The minimum absolute atomic E-state index is 0.214. The number of aromatic nitrogens is 1. The van der Waals surface area contributed by atoms with Crippen molar-refractivity contribution in [3.63, 3.8) is 0 Å². The van der Waals surface area contributed by atoms with Gasteiger partial charge in [0.15, 0.2) is 0 Å². The molecule has 2 atom stereocenters. The van der Waals surface area contributed by atoms with Gasteiger partial charge in [0, 0.05) is 16.9 Å². The van der Waals surface area contributed by atoms with Gasteiger partial charge in [0.25, 0.3) is 5.91 Å². The van der Waals surface area contributed by atoms with E-state index in [2.05, 4.69) is 15.8 Å². The lowest BCUT2D eigenvalue weighted by molar-refractivity contribution is -0.139. The number of aryl methyl sites for hydroxylation is 1. The Balaban J connectivity index is 1.74. The second kappa shape index (κ2) is 7.53. The summed E-state index contributed by atoms with van der Waals surface area (Å²) in [5.41, 5.74) is 1.31. The molecule has 2 heterocycles. The normalized spacial score (nSPS) is 21.2. The Labute approximate surface area is 165 Å². The summed E-state index contributed by atoms with van der Waals surface area (Å²) >= 11 is 7.70. The van der Waals surface area contributed by atoms with Gasteiger partial charge in [0.1, 0.15) is 23.1 Å². The number of hydrogen-bond acceptors (Lipinski definition) is 6. The predicted molar refractivity (Wildman–Crippen MR) is 104 cm³/mol. The maximum atomic E-state index is 12.8. The Morgan fingerprint density at radius 2 is 2.11 bits per heavy atom. The van der Waals surface area contributed by atoms with Gasteiger partial charge in [-0.15, -0.1) is 11.8 Å². The average Bonchev–Trinajstić information content (AvgIpc) is 3.12. The van der Waals surface area contributed by atoms with Gasteiger partial charge >= 0.3 is 5.97 Å². The maximum Gasteiger partial charge on any atom is 0.322 e. The van der Waals surface area contributed by atoms with E-state index in [0.29, 0.717) is 27.6 Å². The van der Waals surface area contributed by atoms with E-state index in [-0.39, 0.29) is 17.8 Å². The van der Waals surface area contributed by atoms with Crippen molar-refractivity contribution < 1.29 is 19.2 Å². The van der Waals surface area contributed by atoms with Crippen LogP contribution in [-0.4, -0.2) is 44.8 Å². The fourth-order valence-corrected chi connectivity index (χ4v) is 4.71. The molecule has 1 saturated heterocycles. The first-order valence-electron chi connectivity index (χ1n) is 8.36. The monoisotopic (exact) mass is 409 g/mol. The number of thioether (sulfide) groups is 1. The summed E-state index contributed by atoms with van der Waals surface area (Å²) in [7, 11) is 0. The molecule has 1 aromatic carbocycles. The van der Waals surface area contributed by atoms with Crippen molar-refractivity contribution in [3.05, 3.63) is 40.6 Å². The van der Waals surface area contributed by atoms with Crippen molar-refractivity contribution in [1.82, 2.24) is 15.8 Å². The number of rotatable bonds is 5. The summed E-state index contributed by atoms with van der Waals surface area (Å²) in [5.74, 6) is -0.863. The number of halogens is 1. The molecule has 1 amide bonds. The fourth-order valence-electron chi connectivity index (χ4n) is 3.07. The first kappa shape index (κ1) is 19.7. The lowest BCUT2D eigenvalue weighted by Gasteiger charge is -2.20. The van der Waals surface area contributed by atoms with Crippen LogP contribution in [0.2, 0.25) is 5.02 Å². The SMILES string of the molecule is Cc1onc(-c2ccccc2Cl)c1C(=O)NCC1NC(C(=O)O)C(C)(C)S1. The highest BCUT2D eigenvalue weighted by molar-refractivity contribution is 8.01. The van der Waals surface area contributed by atoms with Crippen molar-refractivity contribution in [3.8, 4) is 11.3 Å². The van der Waals surface area contributed by atoms with E-state index in [0.717, 1.165) is 0 Å². The molecule has 0 saturated carbocycles. The molecule has 0 spiro atoms. The molecular formula is C18H20ClN3O4S. The Morgan fingerprint density at radius 3 is 2.74 bits per heavy atom. The highest BCUT2D eigenvalue weighted by Gasteiger charge is 2.45. The van der Waals surface area contributed by atoms with Gasteiger partial charge in [-0.3, -0.25) is 14.9 Å². The van der Waals surface area contributed by atoms with Gasteiger partial charge in [-0.25, -0.2) is 0 Å². The van der Waals surface area contributed by atoms with Crippen molar-refractivity contribution in [2.24, 2.45) is 0 Å². The van der Waals surface area contributed by atoms with Crippen molar-refractivity contribution in [2.75, 3.05) is 6.54 Å². The van der Waals surface area contributed by atoms with Crippen molar-refractivity contribution >= 4 is 35.2 Å². The molecule has 1 aliphatic heterocycles. The van der Waals surface area contributed by atoms with Crippen LogP contribution in [0.5, 0.6) is 0 Å². The van der Waals surface area contributed by atoms with E-state index in [4.69, 9.17) is 16.1 Å². The third-order valence-corrected chi connectivity index (χ3v) is 6.17. The third-order valence-electron chi connectivity index (χ3n) is 4.41. The molecule has 9 heteroatoms. The second-order valence-corrected chi connectivity index (χ2v) is 9.06. The van der Waals surface area contributed by atoms with Crippen LogP contribution in [0, 0.1) is 6.92 Å². The lowest BCUT2D eigenvalue weighted by Crippen LogP contribution is -2.46. The molecule has 144 valence electrons. The average molecular weight is 410 g/mol. The highest BCUT2D eigenvalue weighted by atomic mass is 35.5. The highest BCUT2D eigenvalue weighted by Crippen LogP contribution is 2.37.